The molecule has 1 heterocycles. The fraction of sp³-hybridized carbons (Fsp3) is 0.500. The van der Waals surface area contributed by atoms with Gasteiger partial charge < -0.3 is 19.2 Å². The Morgan fingerprint density at radius 1 is 1.17 bits per heavy atom. The average molecular weight is 332 g/mol. The lowest BCUT2D eigenvalue weighted by Crippen LogP contribution is -2.41. The smallest absolute Gasteiger partial charge is 0.462 e. The highest BCUT2D eigenvalue weighted by Crippen LogP contribution is 2.38. The van der Waals surface area contributed by atoms with Crippen LogP contribution < -0.4 is 0 Å². The first kappa shape index (κ1) is 18.7. The first-order valence-corrected chi connectivity index (χ1v) is 8.14. The van der Waals surface area contributed by atoms with Crippen molar-refractivity contribution in [3.05, 3.63) is 40.9 Å². The average Bonchev–Trinajstić information content (AvgIpc) is 2.73. The molecule has 5 nitrogen and oxygen atoms in total. The van der Waals surface area contributed by atoms with Crippen molar-refractivity contribution in [2.45, 2.75) is 45.8 Å². The molecule has 0 unspecified atom stereocenters. The Balaban J connectivity index is 2.18. The van der Waals surface area contributed by atoms with E-state index in [9.17, 15) is 9.90 Å². The van der Waals surface area contributed by atoms with E-state index in [1.165, 1.54) is 0 Å². The van der Waals surface area contributed by atoms with Crippen molar-refractivity contribution < 1.29 is 23.9 Å². The van der Waals surface area contributed by atoms with Crippen LogP contribution in [0.3, 0.4) is 0 Å². The van der Waals surface area contributed by atoms with Crippen LogP contribution in [0.4, 0.5) is 0 Å². The lowest BCUT2D eigenvalue weighted by molar-refractivity contribution is 0.00578. The van der Waals surface area contributed by atoms with E-state index in [-0.39, 0.29) is 12.6 Å². The molecule has 1 fully saturated rings. The van der Waals surface area contributed by atoms with Gasteiger partial charge in [-0.1, -0.05) is 18.2 Å². The molecular weight excluding hydrogens is 307 g/mol. The van der Waals surface area contributed by atoms with Crippen molar-refractivity contribution in [3.8, 4) is 0 Å². The Kier molecular flexibility index (Phi) is 5.53. The van der Waals surface area contributed by atoms with Crippen molar-refractivity contribution in [2.24, 2.45) is 0 Å². The molecule has 1 aliphatic heterocycles. The molecule has 0 bridgehead atoms. The van der Waals surface area contributed by atoms with Gasteiger partial charge in [0.25, 0.3) is 0 Å². The number of carbonyl (C=O) groups excluding carboxylic acids is 1. The molecular formula is C18H25BO5. The van der Waals surface area contributed by atoms with Crippen molar-refractivity contribution in [1.29, 1.82) is 0 Å². The lowest BCUT2D eigenvalue weighted by Gasteiger charge is -2.32. The van der Waals surface area contributed by atoms with Gasteiger partial charge in [-0.3, -0.25) is 0 Å². The maximum absolute atomic E-state index is 11.7. The molecule has 1 aromatic rings. The number of aliphatic hydroxyl groups is 1. The summed E-state index contributed by atoms with van der Waals surface area (Å²) in [6.45, 7) is 9.82. The molecule has 0 amide bonds. The SMILES string of the molecule is CCOC(=O)c1ccc(C=C(CO)B2OC(C)(C)C(C)(C)O2)cc1. The summed E-state index contributed by atoms with van der Waals surface area (Å²) in [5.41, 5.74) is 1.06. The highest BCUT2D eigenvalue weighted by Gasteiger charge is 2.52. The van der Waals surface area contributed by atoms with Crippen molar-refractivity contribution in [2.75, 3.05) is 13.2 Å². The Bertz CT molecular complexity index is 603. The standard InChI is InChI=1S/C18H25BO5/c1-6-22-16(21)14-9-7-13(8-10-14)11-15(12-20)19-23-17(2,3)18(4,5)24-19/h7-11,20H,6,12H2,1-5H3. The fourth-order valence-electron chi connectivity index (χ4n) is 2.33. The molecule has 0 radical (unpaired) electrons. The van der Waals surface area contributed by atoms with Gasteiger partial charge in [0, 0.05) is 0 Å². The molecule has 130 valence electrons. The zero-order valence-corrected chi connectivity index (χ0v) is 15.0. The normalized spacial score (nSPS) is 19.4. The number of esters is 1. The van der Waals surface area contributed by atoms with E-state index < -0.39 is 18.3 Å². The highest BCUT2D eigenvalue weighted by molar-refractivity contribution is 6.55. The van der Waals surface area contributed by atoms with Crippen LogP contribution in [0.1, 0.15) is 50.5 Å². The van der Waals surface area contributed by atoms with Gasteiger partial charge in [-0.2, -0.15) is 0 Å². The second kappa shape index (κ2) is 7.09. The van der Waals surface area contributed by atoms with Gasteiger partial charge in [0.15, 0.2) is 0 Å². The number of aliphatic hydroxyl groups excluding tert-OH is 1. The van der Waals surface area contributed by atoms with Gasteiger partial charge in [-0.25, -0.2) is 4.79 Å². The molecule has 24 heavy (non-hydrogen) atoms. The second-order valence-corrected chi connectivity index (χ2v) is 6.81. The van der Waals surface area contributed by atoms with Crippen LogP contribution in [0.25, 0.3) is 6.08 Å². The zero-order chi connectivity index (χ0) is 18.0. The van der Waals surface area contributed by atoms with Crippen LogP contribution in [-0.4, -0.2) is 42.6 Å². The monoisotopic (exact) mass is 332 g/mol. The van der Waals surface area contributed by atoms with Crippen LogP contribution in [0.5, 0.6) is 0 Å². The van der Waals surface area contributed by atoms with E-state index in [1.54, 1.807) is 31.2 Å². The van der Waals surface area contributed by atoms with E-state index in [2.05, 4.69) is 0 Å². The Hall–Kier alpha value is -1.63. The van der Waals surface area contributed by atoms with E-state index >= 15 is 0 Å². The Labute approximate surface area is 143 Å². The third-order valence-electron chi connectivity index (χ3n) is 4.51. The molecule has 0 saturated carbocycles. The van der Waals surface area contributed by atoms with Crippen molar-refractivity contribution in [1.82, 2.24) is 0 Å². The largest absolute Gasteiger partial charge is 0.492 e. The number of carbonyl (C=O) groups is 1. The summed E-state index contributed by atoms with van der Waals surface area (Å²) in [5.74, 6) is -0.346. The molecule has 1 saturated heterocycles. The molecule has 0 spiro atoms. The zero-order valence-electron chi connectivity index (χ0n) is 15.0. The van der Waals surface area contributed by atoms with Crippen LogP contribution in [0.15, 0.2) is 29.7 Å². The van der Waals surface area contributed by atoms with Crippen LogP contribution in [0, 0.1) is 0 Å². The summed E-state index contributed by atoms with van der Waals surface area (Å²) < 4.78 is 16.9. The topological polar surface area (TPSA) is 65.0 Å². The molecule has 2 rings (SSSR count). The van der Waals surface area contributed by atoms with Gasteiger partial charge in [-0.05, 0) is 57.8 Å². The maximum Gasteiger partial charge on any atom is 0.492 e. The van der Waals surface area contributed by atoms with E-state index in [0.717, 1.165) is 5.56 Å². The van der Waals surface area contributed by atoms with Crippen molar-refractivity contribution >= 4 is 19.2 Å². The summed E-state index contributed by atoms with van der Waals surface area (Å²) in [4.78, 5) is 11.7. The van der Waals surface area contributed by atoms with E-state index in [0.29, 0.717) is 17.6 Å². The molecule has 0 atom stereocenters. The van der Waals surface area contributed by atoms with Gasteiger partial charge in [0.05, 0.1) is 30.0 Å². The maximum atomic E-state index is 11.7. The molecule has 0 aromatic heterocycles. The third kappa shape index (κ3) is 3.88. The van der Waals surface area contributed by atoms with Gasteiger partial charge in [0.1, 0.15) is 0 Å². The Morgan fingerprint density at radius 2 is 1.71 bits per heavy atom. The number of hydrogen-bond donors (Lipinski definition) is 1. The molecule has 0 aliphatic carbocycles. The minimum atomic E-state index is -0.593. The highest BCUT2D eigenvalue weighted by atomic mass is 16.7. The van der Waals surface area contributed by atoms with Gasteiger partial charge >= 0.3 is 13.1 Å². The summed E-state index contributed by atoms with van der Waals surface area (Å²) in [7, 11) is -0.593. The predicted molar refractivity (Wildman–Crippen MR) is 93.5 cm³/mol. The minimum absolute atomic E-state index is 0.170. The van der Waals surface area contributed by atoms with Crippen molar-refractivity contribution in [3.63, 3.8) is 0 Å². The summed E-state index contributed by atoms with van der Waals surface area (Å²) in [6.07, 6.45) is 1.82. The summed E-state index contributed by atoms with van der Waals surface area (Å²) in [6, 6.07) is 6.99. The minimum Gasteiger partial charge on any atom is -0.462 e. The van der Waals surface area contributed by atoms with Gasteiger partial charge in [0.2, 0.25) is 0 Å². The first-order chi connectivity index (χ1) is 11.2. The fourth-order valence-corrected chi connectivity index (χ4v) is 2.33. The summed E-state index contributed by atoms with van der Waals surface area (Å²) >= 11 is 0. The second-order valence-electron chi connectivity index (χ2n) is 6.81. The lowest BCUT2D eigenvalue weighted by atomic mass is 9.77. The first-order valence-electron chi connectivity index (χ1n) is 8.14. The predicted octanol–water partition coefficient (Wildman–Crippen LogP) is 2.87. The molecule has 1 aromatic carbocycles. The number of rotatable bonds is 5. The number of ether oxygens (including phenoxy) is 1. The molecule has 1 aliphatic rings. The number of benzene rings is 1. The number of hydrogen-bond acceptors (Lipinski definition) is 5. The van der Waals surface area contributed by atoms with Gasteiger partial charge in [-0.15, -0.1) is 0 Å². The van der Waals surface area contributed by atoms with Crippen LogP contribution in [-0.2, 0) is 14.0 Å². The van der Waals surface area contributed by atoms with E-state index in [1.807, 2.05) is 33.8 Å². The quantitative estimate of drug-likeness (QED) is 0.663. The summed E-state index contributed by atoms with van der Waals surface area (Å²) in [5, 5.41) is 9.70. The van der Waals surface area contributed by atoms with Crippen LogP contribution >= 0.6 is 0 Å². The Morgan fingerprint density at radius 3 is 2.17 bits per heavy atom. The van der Waals surface area contributed by atoms with Crippen LogP contribution in [0.2, 0.25) is 0 Å². The molecule has 1 N–H and O–H groups in total. The molecule has 6 heteroatoms. The third-order valence-corrected chi connectivity index (χ3v) is 4.51. The van der Waals surface area contributed by atoms with E-state index in [4.69, 9.17) is 14.0 Å².